The van der Waals surface area contributed by atoms with E-state index in [1.54, 1.807) is 0 Å². The largest absolute Gasteiger partial charge is 0.478 e. The summed E-state index contributed by atoms with van der Waals surface area (Å²) in [5, 5.41) is 16.9. The van der Waals surface area contributed by atoms with Crippen molar-refractivity contribution in [2.45, 2.75) is 19.3 Å². The predicted molar refractivity (Wildman–Crippen MR) is 50.7 cm³/mol. The Morgan fingerprint density at radius 1 is 1.21 bits per heavy atom. The van der Waals surface area contributed by atoms with Gasteiger partial charge in [0.25, 0.3) is 0 Å². The molecule has 19 heavy (non-hydrogen) atoms. The van der Waals surface area contributed by atoms with Crippen molar-refractivity contribution in [1.29, 1.82) is 5.26 Å². The van der Waals surface area contributed by atoms with Gasteiger partial charge >= 0.3 is 18.3 Å². The van der Waals surface area contributed by atoms with Crippen molar-refractivity contribution in [3.63, 3.8) is 0 Å². The van der Waals surface area contributed by atoms with Crippen LogP contribution in [0.3, 0.4) is 0 Å². The van der Waals surface area contributed by atoms with Crippen molar-refractivity contribution in [1.82, 2.24) is 0 Å². The Morgan fingerprint density at radius 2 is 1.63 bits per heavy atom. The zero-order chi connectivity index (χ0) is 15.4. The van der Waals surface area contributed by atoms with Crippen LogP contribution in [-0.4, -0.2) is 23.4 Å². The molecule has 0 fully saturated rings. The molecule has 0 heterocycles. The first-order valence-corrected chi connectivity index (χ1v) is 4.56. The fraction of sp³-hybridized carbons (Fsp3) is 0.400. The van der Waals surface area contributed by atoms with Crippen molar-refractivity contribution in [3.05, 3.63) is 23.3 Å². The zero-order valence-corrected chi connectivity index (χ0v) is 9.30. The van der Waals surface area contributed by atoms with E-state index in [0.29, 0.717) is 6.08 Å². The van der Waals surface area contributed by atoms with Crippen LogP contribution in [0.15, 0.2) is 23.3 Å². The minimum absolute atomic E-state index is 0.336. The van der Waals surface area contributed by atoms with Gasteiger partial charge in [-0.15, -0.1) is 0 Å². The van der Waals surface area contributed by atoms with Crippen LogP contribution in [0, 0.1) is 17.2 Å². The van der Waals surface area contributed by atoms with Gasteiger partial charge in [0.15, 0.2) is 5.92 Å². The third kappa shape index (κ3) is 5.46. The molecule has 0 spiro atoms. The maximum Gasteiger partial charge on any atom is 0.403 e. The van der Waals surface area contributed by atoms with E-state index in [9.17, 15) is 31.1 Å². The first kappa shape index (κ1) is 17.0. The molecule has 0 atom stereocenters. The lowest BCUT2D eigenvalue weighted by Gasteiger charge is -2.20. The standard InChI is InChI=1S/C10H7F6NO2/c1-5(4-17)2-6(8(18)19)3-7(9(11,12)13)10(14,15)16/h2-3,7H,1H3,(H,18,19). The van der Waals surface area contributed by atoms with Gasteiger partial charge in [-0.05, 0) is 19.1 Å². The summed E-state index contributed by atoms with van der Waals surface area (Å²) in [5.74, 6) is -5.90. The van der Waals surface area contributed by atoms with Crippen molar-refractivity contribution in [3.8, 4) is 6.07 Å². The minimum Gasteiger partial charge on any atom is -0.478 e. The molecule has 0 saturated carbocycles. The molecule has 0 aliphatic rings. The molecule has 0 aromatic heterocycles. The average Bonchev–Trinajstić information content (AvgIpc) is 2.19. The second-order valence-corrected chi connectivity index (χ2v) is 3.43. The van der Waals surface area contributed by atoms with E-state index in [1.165, 1.54) is 6.07 Å². The number of carboxylic acid groups (broad SMARTS) is 1. The molecular formula is C10H7F6NO2. The smallest absolute Gasteiger partial charge is 0.403 e. The van der Waals surface area contributed by atoms with Gasteiger partial charge in [-0.3, -0.25) is 0 Å². The molecule has 0 saturated heterocycles. The summed E-state index contributed by atoms with van der Waals surface area (Å²) >= 11 is 0. The summed E-state index contributed by atoms with van der Waals surface area (Å²) in [6, 6.07) is 1.40. The molecule has 0 radical (unpaired) electrons. The van der Waals surface area contributed by atoms with Crippen LogP contribution in [0.25, 0.3) is 0 Å². The van der Waals surface area contributed by atoms with Crippen LogP contribution in [0.4, 0.5) is 26.3 Å². The molecule has 0 unspecified atom stereocenters. The van der Waals surface area contributed by atoms with E-state index in [0.717, 1.165) is 6.92 Å². The van der Waals surface area contributed by atoms with Crippen molar-refractivity contribution >= 4 is 5.97 Å². The number of nitrogens with zero attached hydrogens (tertiary/aromatic N) is 1. The van der Waals surface area contributed by atoms with Crippen LogP contribution >= 0.6 is 0 Å². The summed E-state index contributed by atoms with van der Waals surface area (Å²) < 4.78 is 73.3. The summed E-state index contributed by atoms with van der Waals surface area (Å²) in [7, 11) is 0. The number of hydrogen-bond acceptors (Lipinski definition) is 2. The highest BCUT2D eigenvalue weighted by atomic mass is 19.4. The molecule has 0 aliphatic carbocycles. The Hall–Kier alpha value is -1.98. The van der Waals surface area contributed by atoms with Gasteiger partial charge in [0.1, 0.15) is 0 Å². The van der Waals surface area contributed by atoms with Gasteiger partial charge in [0, 0.05) is 5.57 Å². The van der Waals surface area contributed by atoms with Gasteiger partial charge < -0.3 is 5.11 Å². The molecule has 0 aromatic carbocycles. The first-order chi connectivity index (χ1) is 8.39. The van der Waals surface area contributed by atoms with E-state index in [1.807, 2.05) is 0 Å². The number of carbonyl (C=O) groups is 1. The lowest BCUT2D eigenvalue weighted by Crippen LogP contribution is -2.35. The van der Waals surface area contributed by atoms with Gasteiger partial charge in [-0.25, -0.2) is 4.79 Å². The Balaban J connectivity index is 5.78. The third-order valence-corrected chi connectivity index (χ3v) is 1.85. The fourth-order valence-electron chi connectivity index (χ4n) is 1.00. The number of rotatable bonds is 3. The number of alkyl halides is 6. The minimum atomic E-state index is -5.67. The lowest BCUT2D eigenvalue weighted by molar-refractivity contribution is -0.267. The van der Waals surface area contributed by atoms with Crippen LogP contribution in [0.5, 0.6) is 0 Å². The molecule has 0 rings (SSSR count). The van der Waals surface area contributed by atoms with Crippen LogP contribution < -0.4 is 0 Å². The summed E-state index contributed by atoms with van der Waals surface area (Å²) in [4.78, 5) is 10.6. The van der Waals surface area contributed by atoms with Crippen molar-refractivity contribution < 1.29 is 36.2 Å². The molecular weight excluding hydrogens is 280 g/mol. The highest BCUT2D eigenvalue weighted by Crippen LogP contribution is 2.40. The number of hydrogen-bond donors (Lipinski definition) is 1. The molecule has 0 aromatic rings. The molecule has 9 heteroatoms. The number of carboxylic acids is 1. The van der Waals surface area contributed by atoms with E-state index >= 15 is 0 Å². The molecule has 0 aliphatic heterocycles. The highest BCUT2D eigenvalue weighted by molar-refractivity contribution is 5.90. The number of aliphatic carboxylic acids is 1. The summed E-state index contributed by atoms with van der Waals surface area (Å²) in [6.45, 7) is 1.05. The number of halogens is 6. The molecule has 0 amide bonds. The second-order valence-electron chi connectivity index (χ2n) is 3.43. The summed E-state index contributed by atoms with van der Waals surface area (Å²) in [6.07, 6.45) is -11.4. The summed E-state index contributed by atoms with van der Waals surface area (Å²) in [5.41, 5.74) is -1.59. The van der Waals surface area contributed by atoms with Gasteiger partial charge in [-0.2, -0.15) is 31.6 Å². The second kappa shape index (κ2) is 5.77. The molecule has 106 valence electrons. The topological polar surface area (TPSA) is 61.1 Å². The van der Waals surface area contributed by atoms with Crippen LogP contribution in [0.1, 0.15) is 6.92 Å². The zero-order valence-electron chi connectivity index (χ0n) is 9.30. The van der Waals surface area contributed by atoms with Crippen molar-refractivity contribution in [2.75, 3.05) is 0 Å². The van der Waals surface area contributed by atoms with Gasteiger partial charge in [-0.1, -0.05) is 0 Å². The lowest BCUT2D eigenvalue weighted by atomic mass is 10.0. The quantitative estimate of drug-likeness (QED) is 0.375. The Bertz CT molecular complexity index is 438. The number of nitriles is 1. The average molecular weight is 287 g/mol. The number of allylic oxidation sites excluding steroid dienone is 2. The molecule has 1 N–H and O–H groups in total. The van der Waals surface area contributed by atoms with Gasteiger partial charge in [0.2, 0.25) is 0 Å². The highest BCUT2D eigenvalue weighted by Gasteiger charge is 2.55. The first-order valence-electron chi connectivity index (χ1n) is 4.56. The normalized spacial score (nSPS) is 14.5. The fourth-order valence-corrected chi connectivity index (χ4v) is 1.00. The molecule has 3 nitrogen and oxygen atoms in total. The SMILES string of the molecule is CC(C#N)=CC(=CC(C(F)(F)F)C(F)(F)F)C(=O)O. The maximum absolute atomic E-state index is 12.2. The predicted octanol–water partition coefficient (Wildman–Crippen LogP) is 3.21. The maximum atomic E-state index is 12.2. The van der Waals surface area contributed by atoms with Gasteiger partial charge in [0.05, 0.1) is 11.6 Å². The van der Waals surface area contributed by atoms with E-state index < -0.39 is 35.9 Å². The third-order valence-electron chi connectivity index (χ3n) is 1.85. The van der Waals surface area contributed by atoms with E-state index in [-0.39, 0.29) is 5.57 Å². The van der Waals surface area contributed by atoms with Crippen molar-refractivity contribution in [2.24, 2.45) is 5.92 Å². The monoisotopic (exact) mass is 287 g/mol. The Morgan fingerprint density at radius 3 is 1.89 bits per heavy atom. The van der Waals surface area contributed by atoms with Crippen LogP contribution in [0.2, 0.25) is 0 Å². The van der Waals surface area contributed by atoms with E-state index in [2.05, 4.69) is 0 Å². The van der Waals surface area contributed by atoms with E-state index in [4.69, 9.17) is 10.4 Å². The molecule has 0 bridgehead atoms. The Labute approximate surface area is 103 Å². The Kier molecular flexibility index (Phi) is 5.17. The van der Waals surface area contributed by atoms with Crippen LogP contribution in [-0.2, 0) is 4.79 Å².